The van der Waals surface area contributed by atoms with E-state index in [2.05, 4.69) is 20.5 Å². The Labute approximate surface area is 87.9 Å². The highest BCUT2D eigenvalue weighted by Gasteiger charge is 2.29. The van der Waals surface area contributed by atoms with E-state index < -0.39 is 18.8 Å². The Morgan fingerprint density at radius 1 is 1.50 bits per heavy atom. The van der Waals surface area contributed by atoms with Crippen LogP contribution in [0.1, 0.15) is 10.4 Å². The Hall–Kier alpha value is -1.83. The molecule has 0 fully saturated rings. The second-order valence-electron chi connectivity index (χ2n) is 2.68. The van der Waals surface area contributed by atoms with Crippen molar-refractivity contribution >= 4 is 5.97 Å². The maximum absolute atomic E-state index is 11.9. The molecule has 0 aliphatic carbocycles. The van der Waals surface area contributed by atoms with Crippen LogP contribution in [-0.2, 0) is 4.84 Å². The molecule has 0 amide bonds. The molecule has 0 aliphatic rings. The van der Waals surface area contributed by atoms with Crippen molar-refractivity contribution in [3.63, 3.8) is 0 Å². The number of nitrogens with two attached hydrogens (primary N) is 1. The van der Waals surface area contributed by atoms with E-state index in [1.54, 1.807) is 0 Å². The molecule has 1 aromatic heterocycles. The van der Waals surface area contributed by atoms with E-state index in [1.165, 1.54) is 6.20 Å². The SMILES string of the molecule is NOC(=O)c1ccncc1OCC(F)(F)F. The summed E-state index contributed by atoms with van der Waals surface area (Å²) in [6, 6.07) is 1.14. The number of nitrogens with zero attached hydrogens (tertiary/aromatic N) is 1. The van der Waals surface area contributed by atoms with Crippen molar-refractivity contribution in [1.82, 2.24) is 4.98 Å². The van der Waals surface area contributed by atoms with Crippen LogP contribution >= 0.6 is 0 Å². The van der Waals surface area contributed by atoms with E-state index in [0.717, 1.165) is 12.3 Å². The summed E-state index contributed by atoms with van der Waals surface area (Å²) in [5, 5.41) is 0. The predicted molar refractivity (Wildman–Crippen MR) is 45.4 cm³/mol. The average molecular weight is 236 g/mol. The number of ether oxygens (including phenoxy) is 1. The first-order valence-corrected chi connectivity index (χ1v) is 3.98. The van der Waals surface area contributed by atoms with Gasteiger partial charge in [-0.1, -0.05) is 0 Å². The average Bonchev–Trinajstić information content (AvgIpc) is 2.25. The second-order valence-corrected chi connectivity index (χ2v) is 2.68. The number of aromatic nitrogens is 1. The van der Waals surface area contributed by atoms with Crippen molar-refractivity contribution in [2.45, 2.75) is 6.18 Å². The van der Waals surface area contributed by atoms with Crippen LogP contribution < -0.4 is 10.6 Å². The van der Waals surface area contributed by atoms with Gasteiger partial charge in [0.05, 0.1) is 6.20 Å². The molecular formula is C8H7F3N2O3. The van der Waals surface area contributed by atoms with Crippen LogP contribution in [0.15, 0.2) is 18.5 Å². The summed E-state index contributed by atoms with van der Waals surface area (Å²) in [7, 11) is 0. The van der Waals surface area contributed by atoms with Crippen molar-refractivity contribution in [2.24, 2.45) is 5.90 Å². The van der Waals surface area contributed by atoms with E-state index in [-0.39, 0.29) is 11.3 Å². The van der Waals surface area contributed by atoms with Crippen LogP contribution in [-0.4, -0.2) is 23.7 Å². The minimum Gasteiger partial charge on any atom is -0.482 e. The first-order valence-electron chi connectivity index (χ1n) is 3.98. The Morgan fingerprint density at radius 2 is 2.19 bits per heavy atom. The molecule has 0 saturated heterocycles. The normalized spacial score (nSPS) is 11.0. The minimum absolute atomic E-state index is 0.221. The number of alkyl halides is 3. The zero-order valence-corrected chi connectivity index (χ0v) is 7.82. The Bertz CT molecular complexity index is 381. The first-order chi connectivity index (χ1) is 7.44. The number of carbonyl (C=O) groups excluding carboxylic acids is 1. The summed E-state index contributed by atoms with van der Waals surface area (Å²) in [6.07, 6.45) is -2.33. The third-order valence-electron chi connectivity index (χ3n) is 1.50. The molecule has 1 aromatic rings. The summed E-state index contributed by atoms with van der Waals surface area (Å²) in [4.78, 5) is 18.4. The molecule has 0 saturated carbocycles. The van der Waals surface area contributed by atoms with Crippen LogP contribution in [0.4, 0.5) is 13.2 Å². The van der Waals surface area contributed by atoms with Crippen molar-refractivity contribution in [3.05, 3.63) is 24.0 Å². The fraction of sp³-hybridized carbons (Fsp3) is 0.250. The van der Waals surface area contributed by atoms with E-state index in [4.69, 9.17) is 0 Å². The van der Waals surface area contributed by atoms with E-state index in [0.29, 0.717) is 0 Å². The van der Waals surface area contributed by atoms with Crippen LogP contribution in [0.2, 0.25) is 0 Å². The summed E-state index contributed by atoms with van der Waals surface area (Å²) >= 11 is 0. The molecule has 1 rings (SSSR count). The lowest BCUT2D eigenvalue weighted by atomic mass is 10.2. The summed E-state index contributed by atoms with van der Waals surface area (Å²) in [5.41, 5.74) is -0.221. The van der Waals surface area contributed by atoms with Crippen LogP contribution in [0, 0.1) is 0 Å². The van der Waals surface area contributed by atoms with Gasteiger partial charge in [0.25, 0.3) is 0 Å². The van der Waals surface area contributed by atoms with Gasteiger partial charge in [0.15, 0.2) is 12.4 Å². The topological polar surface area (TPSA) is 74.4 Å². The third-order valence-corrected chi connectivity index (χ3v) is 1.50. The molecule has 0 atom stereocenters. The van der Waals surface area contributed by atoms with Crippen molar-refractivity contribution in [3.8, 4) is 5.75 Å². The first kappa shape index (κ1) is 12.2. The van der Waals surface area contributed by atoms with Crippen molar-refractivity contribution < 1.29 is 27.5 Å². The van der Waals surface area contributed by atoms with Gasteiger partial charge >= 0.3 is 12.1 Å². The number of carbonyl (C=O) groups is 1. The molecule has 0 aliphatic heterocycles. The fourth-order valence-corrected chi connectivity index (χ4v) is 0.887. The Balaban J connectivity index is 2.83. The van der Waals surface area contributed by atoms with Crippen LogP contribution in [0.25, 0.3) is 0 Å². The maximum atomic E-state index is 11.9. The number of rotatable bonds is 3. The van der Waals surface area contributed by atoms with E-state index >= 15 is 0 Å². The maximum Gasteiger partial charge on any atom is 0.422 e. The second kappa shape index (κ2) is 4.79. The lowest BCUT2D eigenvalue weighted by molar-refractivity contribution is -0.153. The summed E-state index contributed by atoms with van der Waals surface area (Å²) in [5.74, 6) is 3.27. The molecule has 0 aromatic carbocycles. The highest BCUT2D eigenvalue weighted by Crippen LogP contribution is 2.21. The van der Waals surface area contributed by atoms with Gasteiger partial charge in [0.2, 0.25) is 0 Å². The van der Waals surface area contributed by atoms with Crippen molar-refractivity contribution in [1.29, 1.82) is 0 Å². The molecule has 16 heavy (non-hydrogen) atoms. The standard InChI is InChI=1S/C8H7F3N2O3/c9-8(10,11)4-15-6-3-13-2-1-5(6)7(14)16-12/h1-3H,4,12H2. The molecule has 88 valence electrons. The summed E-state index contributed by atoms with van der Waals surface area (Å²) in [6.45, 7) is -1.52. The lowest BCUT2D eigenvalue weighted by Crippen LogP contribution is -2.21. The van der Waals surface area contributed by atoms with Crippen LogP contribution in [0.3, 0.4) is 0 Å². The van der Waals surface area contributed by atoms with Crippen LogP contribution in [0.5, 0.6) is 5.75 Å². The molecule has 1 heterocycles. The Kier molecular flexibility index (Phi) is 3.67. The number of hydrogen-bond acceptors (Lipinski definition) is 5. The smallest absolute Gasteiger partial charge is 0.422 e. The molecule has 2 N–H and O–H groups in total. The zero-order valence-electron chi connectivity index (χ0n) is 7.82. The van der Waals surface area contributed by atoms with Crippen molar-refractivity contribution in [2.75, 3.05) is 6.61 Å². The molecule has 0 bridgehead atoms. The number of halogens is 3. The van der Waals surface area contributed by atoms with Gasteiger partial charge in [-0.2, -0.15) is 19.1 Å². The molecule has 0 unspecified atom stereocenters. The molecule has 0 radical (unpaired) electrons. The van der Waals surface area contributed by atoms with Gasteiger partial charge in [0.1, 0.15) is 5.56 Å². The molecule has 5 nitrogen and oxygen atoms in total. The minimum atomic E-state index is -4.50. The van der Waals surface area contributed by atoms with Gasteiger partial charge < -0.3 is 9.57 Å². The van der Waals surface area contributed by atoms with Gasteiger partial charge in [0, 0.05) is 6.20 Å². The Morgan fingerprint density at radius 3 is 2.75 bits per heavy atom. The number of hydrogen-bond donors (Lipinski definition) is 1. The quantitative estimate of drug-likeness (QED) is 0.794. The fourth-order valence-electron chi connectivity index (χ4n) is 0.887. The highest BCUT2D eigenvalue weighted by atomic mass is 19.4. The van der Waals surface area contributed by atoms with E-state index in [1.807, 2.05) is 0 Å². The summed E-state index contributed by atoms with van der Waals surface area (Å²) < 4.78 is 40.0. The third kappa shape index (κ3) is 3.39. The van der Waals surface area contributed by atoms with E-state index in [9.17, 15) is 18.0 Å². The zero-order chi connectivity index (χ0) is 12.2. The highest BCUT2D eigenvalue weighted by molar-refractivity contribution is 5.91. The van der Waals surface area contributed by atoms with Gasteiger partial charge in [-0.15, -0.1) is 0 Å². The van der Waals surface area contributed by atoms with Gasteiger partial charge in [-0.05, 0) is 6.07 Å². The van der Waals surface area contributed by atoms with Gasteiger partial charge in [-0.3, -0.25) is 4.98 Å². The monoisotopic (exact) mass is 236 g/mol. The molecule has 8 heteroatoms. The van der Waals surface area contributed by atoms with Gasteiger partial charge in [-0.25, -0.2) is 4.79 Å². The predicted octanol–water partition coefficient (Wildman–Crippen LogP) is 1.05. The lowest BCUT2D eigenvalue weighted by Gasteiger charge is -2.10. The molecular weight excluding hydrogens is 229 g/mol. The largest absolute Gasteiger partial charge is 0.482 e. The number of pyridine rings is 1. The molecule has 0 spiro atoms.